The lowest BCUT2D eigenvalue weighted by Gasteiger charge is -2.11. The van der Waals surface area contributed by atoms with Gasteiger partial charge in [0.15, 0.2) is 0 Å². The highest BCUT2D eigenvalue weighted by atomic mass is 35.5. The van der Waals surface area contributed by atoms with Crippen LogP contribution in [0.1, 0.15) is 19.8 Å². The second-order valence-corrected chi connectivity index (χ2v) is 2.47. The Hall–Kier alpha value is -0.260. The minimum Gasteiger partial charge on any atom is -0.300 e. The number of nitriles is 1. The molecule has 0 unspecified atom stereocenters. The van der Waals surface area contributed by atoms with E-state index in [1.807, 2.05) is 6.92 Å². The topological polar surface area (TPSA) is 35.8 Å². The normalized spacial score (nSPS) is 32.9. The quantitative estimate of drug-likeness (QED) is 0.555. The Morgan fingerprint density at radius 1 is 1.67 bits per heavy atom. The van der Waals surface area contributed by atoms with Crippen LogP contribution in [0.15, 0.2) is 0 Å². The lowest BCUT2D eigenvalue weighted by molar-refractivity contribution is 0.533. The first-order valence-corrected chi connectivity index (χ1v) is 2.93. The van der Waals surface area contributed by atoms with Gasteiger partial charge in [-0.1, -0.05) is 0 Å². The average Bonchev–Trinajstić information content (AvgIpc) is 2.17. The maximum Gasteiger partial charge on any atom is 0.103 e. The van der Waals surface area contributed by atoms with Crippen molar-refractivity contribution >= 4 is 12.4 Å². The summed E-state index contributed by atoms with van der Waals surface area (Å²) in [7, 11) is 0. The Bertz CT molecular complexity index is 122. The maximum atomic E-state index is 8.51. The first-order chi connectivity index (χ1) is 3.77. The summed E-state index contributed by atoms with van der Waals surface area (Å²) in [6.07, 6.45) is 2.15. The van der Waals surface area contributed by atoms with Crippen molar-refractivity contribution in [1.82, 2.24) is 5.32 Å². The van der Waals surface area contributed by atoms with Crippen molar-refractivity contribution in [2.45, 2.75) is 25.3 Å². The summed E-state index contributed by atoms with van der Waals surface area (Å²) in [6.45, 7) is 2.95. The monoisotopic (exact) mass is 146 g/mol. The van der Waals surface area contributed by atoms with Crippen molar-refractivity contribution in [3.63, 3.8) is 0 Å². The van der Waals surface area contributed by atoms with Crippen molar-refractivity contribution < 1.29 is 0 Å². The van der Waals surface area contributed by atoms with Crippen LogP contribution < -0.4 is 5.32 Å². The van der Waals surface area contributed by atoms with E-state index in [0.717, 1.165) is 19.4 Å². The Morgan fingerprint density at radius 2 is 2.33 bits per heavy atom. The summed E-state index contributed by atoms with van der Waals surface area (Å²) >= 11 is 0. The van der Waals surface area contributed by atoms with Gasteiger partial charge in [-0.2, -0.15) is 5.26 Å². The second kappa shape index (κ2) is 3.05. The first-order valence-electron chi connectivity index (χ1n) is 2.93. The predicted molar refractivity (Wildman–Crippen MR) is 38.5 cm³/mol. The van der Waals surface area contributed by atoms with Gasteiger partial charge in [0.1, 0.15) is 5.54 Å². The van der Waals surface area contributed by atoms with E-state index in [4.69, 9.17) is 5.26 Å². The van der Waals surface area contributed by atoms with Crippen LogP contribution in [0.25, 0.3) is 0 Å². The van der Waals surface area contributed by atoms with Crippen LogP contribution in [-0.2, 0) is 0 Å². The van der Waals surface area contributed by atoms with Crippen molar-refractivity contribution in [3.05, 3.63) is 0 Å². The molecule has 1 heterocycles. The fraction of sp³-hybridized carbons (Fsp3) is 0.833. The summed E-state index contributed by atoms with van der Waals surface area (Å²) in [4.78, 5) is 0. The predicted octanol–water partition coefficient (Wildman–Crippen LogP) is 1.07. The Kier molecular flexibility index (Phi) is 2.96. The molecule has 0 aromatic rings. The smallest absolute Gasteiger partial charge is 0.103 e. The minimum absolute atomic E-state index is 0. The van der Waals surface area contributed by atoms with Gasteiger partial charge in [-0.05, 0) is 26.3 Å². The van der Waals surface area contributed by atoms with E-state index in [0.29, 0.717) is 0 Å². The molecule has 1 rings (SSSR count). The fourth-order valence-corrected chi connectivity index (χ4v) is 0.990. The Morgan fingerprint density at radius 3 is 2.56 bits per heavy atom. The molecule has 1 aliphatic rings. The van der Waals surface area contributed by atoms with Crippen LogP contribution >= 0.6 is 12.4 Å². The van der Waals surface area contributed by atoms with Gasteiger partial charge in [-0.25, -0.2) is 0 Å². The minimum atomic E-state index is -0.208. The molecular formula is C6H11ClN2. The van der Waals surface area contributed by atoms with E-state index in [-0.39, 0.29) is 17.9 Å². The van der Waals surface area contributed by atoms with Gasteiger partial charge in [-0.3, -0.25) is 5.32 Å². The van der Waals surface area contributed by atoms with Gasteiger partial charge in [0.2, 0.25) is 0 Å². The van der Waals surface area contributed by atoms with E-state index in [9.17, 15) is 0 Å². The summed E-state index contributed by atoms with van der Waals surface area (Å²) in [5.41, 5.74) is -0.208. The molecule has 0 aromatic carbocycles. The van der Waals surface area contributed by atoms with Crippen LogP contribution in [0.3, 0.4) is 0 Å². The van der Waals surface area contributed by atoms with Gasteiger partial charge >= 0.3 is 0 Å². The Balaban J connectivity index is 0.000000640. The van der Waals surface area contributed by atoms with Crippen LogP contribution in [0, 0.1) is 11.3 Å². The van der Waals surface area contributed by atoms with E-state index >= 15 is 0 Å². The number of rotatable bonds is 0. The zero-order valence-corrected chi connectivity index (χ0v) is 6.29. The number of hydrogen-bond acceptors (Lipinski definition) is 2. The maximum absolute atomic E-state index is 8.51. The number of hydrogen-bond donors (Lipinski definition) is 1. The van der Waals surface area contributed by atoms with Crippen molar-refractivity contribution in [2.24, 2.45) is 0 Å². The van der Waals surface area contributed by atoms with Crippen molar-refractivity contribution in [2.75, 3.05) is 6.54 Å². The Labute approximate surface area is 61.7 Å². The molecule has 0 amide bonds. The fourth-order valence-electron chi connectivity index (χ4n) is 0.990. The van der Waals surface area contributed by atoms with Crippen LogP contribution in [0.5, 0.6) is 0 Å². The molecule has 0 spiro atoms. The standard InChI is InChI=1S/C6H10N2.ClH/c1-6(5-7)3-2-4-8-6;/h8H,2-4H2,1H3;1H/t6-;/m0./s1. The molecule has 1 fully saturated rings. The molecule has 1 N–H and O–H groups in total. The third-order valence-electron chi connectivity index (χ3n) is 1.62. The summed E-state index contributed by atoms with van der Waals surface area (Å²) < 4.78 is 0. The van der Waals surface area contributed by atoms with Crippen LogP contribution in [-0.4, -0.2) is 12.1 Å². The van der Waals surface area contributed by atoms with Crippen molar-refractivity contribution in [3.8, 4) is 6.07 Å². The zero-order chi connectivity index (χ0) is 6.04. The van der Waals surface area contributed by atoms with Gasteiger partial charge in [0.05, 0.1) is 6.07 Å². The molecule has 0 bridgehead atoms. The molecule has 3 heteroatoms. The van der Waals surface area contributed by atoms with Gasteiger partial charge in [0, 0.05) is 0 Å². The molecule has 0 saturated carbocycles. The van der Waals surface area contributed by atoms with Crippen molar-refractivity contribution in [1.29, 1.82) is 5.26 Å². The molecule has 1 atom stereocenters. The lowest BCUT2D eigenvalue weighted by atomic mass is 10.0. The lowest BCUT2D eigenvalue weighted by Crippen LogP contribution is -2.33. The molecule has 0 aliphatic carbocycles. The average molecular weight is 147 g/mol. The molecule has 1 aliphatic heterocycles. The SMILES string of the molecule is C[C@@]1(C#N)CCCN1.Cl. The summed E-state index contributed by atoms with van der Waals surface area (Å²) in [6, 6.07) is 2.23. The highest BCUT2D eigenvalue weighted by Crippen LogP contribution is 2.15. The third-order valence-corrected chi connectivity index (χ3v) is 1.62. The molecule has 9 heavy (non-hydrogen) atoms. The molecule has 1 saturated heterocycles. The highest BCUT2D eigenvalue weighted by molar-refractivity contribution is 5.85. The summed E-state index contributed by atoms with van der Waals surface area (Å²) in [5.74, 6) is 0. The van der Waals surface area contributed by atoms with Gasteiger partial charge in [0.25, 0.3) is 0 Å². The molecule has 2 nitrogen and oxygen atoms in total. The number of nitrogens with one attached hydrogen (secondary N) is 1. The van der Waals surface area contributed by atoms with E-state index in [1.165, 1.54) is 0 Å². The van der Waals surface area contributed by atoms with Gasteiger partial charge in [-0.15, -0.1) is 12.4 Å². The van der Waals surface area contributed by atoms with E-state index in [1.54, 1.807) is 0 Å². The van der Waals surface area contributed by atoms with Crippen LogP contribution in [0.2, 0.25) is 0 Å². The molecule has 0 radical (unpaired) electrons. The molecule has 52 valence electrons. The van der Waals surface area contributed by atoms with Crippen LogP contribution in [0.4, 0.5) is 0 Å². The largest absolute Gasteiger partial charge is 0.300 e. The van der Waals surface area contributed by atoms with Gasteiger partial charge < -0.3 is 0 Å². The number of halogens is 1. The third kappa shape index (κ3) is 1.85. The second-order valence-electron chi connectivity index (χ2n) is 2.47. The molecule has 0 aromatic heterocycles. The molecular weight excluding hydrogens is 136 g/mol. The highest BCUT2D eigenvalue weighted by Gasteiger charge is 2.26. The van der Waals surface area contributed by atoms with E-state index < -0.39 is 0 Å². The number of nitrogens with zero attached hydrogens (tertiary/aromatic N) is 1. The first kappa shape index (κ1) is 8.74. The summed E-state index contributed by atoms with van der Waals surface area (Å²) in [5, 5.41) is 11.6. The zero-order valence-electron chi connectivity index (χ0n) is 5.48. The van der Waals surface area contributed by atoms with E-state index in [2.05, 4.69) is 11.4 Å².